The van der Waals surface area contributed by atoms with Gasteiger partial charge in [-0.1, -0.05) is 23.5 Å². The maximum Gasteiger partial charge on any atom is 0.390 e. The molecular formula is C23H25F3N6OS. The number of benzene rings is 1. The van der Waals surface area contributed by atoms with Crippen molar-refractivity contribution in [3.63, 3.8) is 0 Å². The van der Waals surface area contributed by atoms with Gasteiger partial charge in [0.25, 0.3) is 0 Å². The molecule has 2 aliphatic rings. The van der Waals surface area contributed by atoms with Crippen molar-refractivity contribution in [1.29, 1.82) is 0 Å². The van der Waals surface area contributed by atoms with Gasteiger partial charge in [0.05, 0.1) is 6.42 Å². The largest absolute Gasteiger partial charge is 0.390 e. The molecule has 5 rings (SSSR count). The SMILES string of the molecule is Cc1nnc(-c2ccc3cnc(NC(=O)N4C5CC[C@H]4CC(NCCC(F)(F)F)C5)cc3c2)s1. The standard InChI is InChI=1S/C23H25F3N6OS/c1-13-30-31-21(34-13)14-2-3-15-12-28-20(9-16(15)8-14)29-22(33)32-18-4-5-19(32)11-17(10-18)27-7-6-23(24,25)26/h2-3,8-9,12,17-19,27H,4-7,10-11H2,1H3,(H,28,29,33)/t17?,18-,19?/m0/s1. The summed E-state index contributed by atoms with van der Waals surface area (Å²) in [7, 11) is 0. The zero-order chi connectivity index (χ0) is 23.9. The number of urea groups is 1. The Balaban J connectivity index is 1.25. The topological polar surface area (TPSA) is 83.0 Å². The molecular weight excluding hydrogens is 465 g/mol. The Morgan fingerprint density at radius 1 is 1.15 bits per heavy atom. The van der Waals surface area contributed by atoms with E-state index in [-0.39, 0.29) is 30.7 Å². The molecule has 0 saturated carbocycles. The second kappa shape index (κ2) is 9.10. The van der Waals surface area contributed by atoms with Crippen molar-refractivity contribution < 1.29 is 18.0 Å². The first kappa shape index (κ1) is 23.0. The summed E-state index contributed by atoms with van der Waals surface area (Å²) in [4.78, 5) is 19.3. The average Bonchev–Trinajstić information content (AvgIpc) is 3.33. The molecule has 3 atom stereocenters. The molecule has 2 unspecified atom stereocenters. The van der Waals surface area contributed by atoms with Gasteiger partial charge in [-0.25, -0.2) is 9.78 Å². The number of piperidine rings is 1. The third-order valence-corrected chi connectivity index (χ3v) is 7.43. The van der Waals surface area contributed by atoms with Crippen molar-refractivity contribution in [2.24, 2.45) is 0 Å². The fourth-order valence-corrected chi connectivity index (χ4v) is 5.71. The maximum atomic E-state index is 13.1. The Hall–Kier alpha value is -2.79. The highest BCUT2D eigenvalue weighted by Crippen LogP contribution is 2.36. The summed E-state index contributed by atoms with van der Waals surface area (Å²) in [5.41, 5.74) is 0.958. The number of halogens is 3. The van der Waals surface area contributed by atoms with E-state index in [1.54, 1.807) is 6.20 Å². The normalized spacial score (nSPS) is 22.4. The molecule has 2 aliphatic heterocycles. The summed E-state index contributed by atoms with van der Waals surface area (Å²) in [6.45, 7) is 1.83. The van der Waals surface area contributed by atoms with Gasteiger partial charge in [0.1, 0.15) is 15.8 Å². The number of hydrogen-bond acceptors (Lipinski definition) is 6. The zero-order valence-electron chi connectivity index (χ0n) is 18.6. The summed E-state index contributed by atoms with van der Waals surface area (Å²) < 4.78 is 37.3. The minimum absolute atomic E-state index is 0.00472. The monoisotopic (exact) mass is 490 g/mol. The van der Waals surface area contributed by atoms with Crippen LogP contribution < -0.4 is 10.6 Å². The van der Waals surface area contributed by atoms with Gasteiger partial charge in [0.2, 0.25) is 0 Å². The number of aryl methyl sites for hydroxylation is 1. The fourth-order valence-electron chi connectivity index (χ4n) is 5.02. The lowest BCUT2D eigenvalue weighted by molar-refractivity contribution is -0.133. The second-order valence-electron chi connectivity index (χ2n) is 8.97. The molecule has 4 heterocycles. The highest BCUT2D eigenvalue weighted by molar-refractivity contribution is 7.14. The van der Waals surface area contributed by atoms with Crippen LogP contribution in [0.5, 0.6) is 0 Å². The summed E-state index contributed by atoms with van der Waals surface area (Å²) >= 11 is 1.52. The van der Waals surface area contributed by atoms with Crippen LogP contribution in [0.1, 0.15) is 37.1 Å². The maximum absolute atomic E-state index is 13.1. The van der Waals surface area contributed by atoms with E-state index < -0.39 is 12.6 Å². The number of nitrogens with zero attached hydrogens (tertiary/aromatic N) is 4. The van der Waals surface area contributed by atoms with Gasteiger partial charge in [0.15, 0.2) is 0 Å². The highest BCUT2D eigenvalue weighted by Gasteiger charge is 2.43. The number of hydrogen-bond donors (Lipinski definition) is 2. The van der Waals surface area contributed by atoms with Crippen LogP contribution in [0.4, 0.5) is 23.8 Å². The van der Waals surface area contributed by atoms with Gasteiger partial charge in [-0.2, -0.15) is 13.2 Å². The van der Waals surface area contributed by atoms with Crippen LogP contribution in [0.3, 0.4) is 0 Å². The number of carbonyl (C=O) groups excluding carboxylic acids is 1. The molecule has 2 saturated heterocycles. The van der Waals surface area contributed by atoms with E-state index in [2.05, 4.69) is 25.8 Å². The van der Waals surface area contributed by atoms with Crippen LogP contribution in [0.15, 0.2) is 30.5 Å². The fraction of sp³-hybridized carbons (Fsp3) is 0.478. The molecule has 2 bridgehead atoms. The Labute approximate surface area is 198 Å². The number of rotatable bonds is 5. The van der Waals surface area contributed by atoms with Crippen LogP contribution >= 0.6 is 11.3 Å². The molecule has 2 amide bonds. The van der Waals surface area contributed by atoms with Gasteiger partial charge >= 0.3 is 12.2 Å². The number of fused-ring (bicyclic) bond motifs is 3. The molecule has 0 aliphatic carbocycles. The second-order valence-corrected chi connectivity index (χ2v) is 10.1. The van der Waals surface area contributed by atoms with E-state index in [1.807, 2.05) is 36.1 Å². The summed E-state index contributed by atoms with van der Waals surface area (Å²) in [6.07, 6.45) is -0.204. The van der Waals surface area contributed by atoms with E-state index in [1.165, 1.54) is 11.3 Å². The molecule has 0 radical (unpaired) electrons. The third-order valence-electron chi connectivity index (χ3n) is 6.54. The van der Waals surface area contributed by atoms with E-state index >= 15 is 0 Å². The Morgan fingerprint density at radius 2 is 1.91 bits per heavy atom. The number of amides is 2. The van der Waals surface area contributed by atoms with Crippen LogP contribution in [0, 0.1) is 6.92 Å². The van der Waals surface area contributed by atoms with Crippen LogP contribution in [0.2, 0.25) is 0 Å². The van der Waals surface area contributed by atoms with Crippen molar-refractivity contribution >= 4 is 34.0 Å². The smallest absolute Gasteiger partial charge is 0.318 e. The average molecular weight is 491 g/mol. The predicted octanol–water partition coefficient (Wildman–Crippen LogP) is 5.13. The van der Waals surface area contributed by atoms with Gasteiger partial charge in [-0.3, -0.25) is 5.32 Å². The van der Waals surface area contributed by atoms with E-state index in [4.69, 9.17) is 0 Å². The summed E-state index contributed by atoms with van der Waals surface area (Å²) in [5, 5.41) is 17.9. The van der Waals surface area contributed by atoms with Crippen LogP contribution in [-0.2, 0) is 0 Å². The molecule has 2 N–H and O–H groups in total. The molecule has 2 fully saturated rings. The lowest BCUT2D eigenvalue weighted by atomic mass is 9.97. The van der Waals surface area contributed by atoms with Gasteiger partial charge in [-0.15, -0.1) is 10.2 Å². The Bertz CT molecular complexity index is 1180. The molecule has 3 aromatic rings. The number of anilines is 1. The molecule has 0 spiro atoms. The first-order chi connectivity index (χ1) is 16.2. The lowest BCUT2D eigenvalue weighted by Gasteiger charge is -2.39. The van der Waals surface area contributed by atoms with E-state index in [0.29, 0.717) is 18.7 Å². The van der Waals surface area contributed by atoms with Crippen LogP contribution in [0.25, 0.3) is 21.3 Å². The minimum Gasteiger partial charge on any atom is -0.318 e. The Morgan fingerprint density at radius 3 is 2.59 bits per heavy atom. The predicted molar refractivity (Wildman–Crippen MR) is 125 cm³/mol. The van der Waals surface area contributed by atoms with Gasteiger partial charge in [-0.05, 0) is 50.1 Å². The van der Waals surface area contributed by atoms with Crippen molar-refractivity contribution in [3.05, 3.63) is 35.5 Å². The van der Waals surface area contributed by atoms with Gasteiger partial charge < -0.3 is 10.2 Å². The molecule has 11 heteroatoms. The number of alkyl halides is 3. The zero-order valence-corrected chi connectivity index (χ0v) is 19.4. The lowest BCUT2D eigenvalue weighted by Crippen LogP contribution is -2.53. The number of pyridine rings is 1. The number of nitrogens with one attached hydrogen (secondary N) is 2. The first-order valence-corrected chi connectivity index (χ1v) is 12.2. The molecule has 7 nitrogen and oxygen atoms in total. The van der Waals surface area contributed by atoms with Crippen molar-refractivity contribution in [2.75, 3.05) is 11.9 Å². The number of aromatic nitrogens is 3. The van der Waals surface area contributed by atoms with Crippen LogP contribution in [-0.4, -0.2) is 57.0 Å². The minimum atomic E-state index is -4.16. The molecule has 180 valence electrons. The summed E-state index contributed by atoms with van der Waals surface area (Å²) in [6, 6.07) is 7.65. The van der Waals surface area contributed by atoms with Gasteiger partial charge in [0, 0.05) is 41.8 Å². The van der Waals surface area contributed by atoms with E-state index in [9.17, 15) is 18.0 Å². The summed E-state index contributed by atoms with van der Waals surface area (Å²) in [5.74, 6) is 0.466. The van der Waals surface area contributed by atoms with Crippen molar-refractivity contribution in [1.82, 2.24) is 25.4 Å². The Kier molecular flexibility index (Phi) is 6.15. The van der Waals surface area contributed by atoms with Crippen molar-refractivity contribution in [2.45, 2.75) is 63.3 Å². The van der Waals surface area contributed by atoms with Crippen molar-refractivity contribution in [3.8, 4) is 10.6 Å². The molecule has 2 aromatic heterocycles. The third kappa shape index (κ3) is 5.00. The quantitative estimate of drug-likeness (QED) is 0.518. The number of carbonyl (C=O) groups is 1. The highest BCUT2D eigenvalue weighted by atomic mass is 32.1. The molecule has 1 aromatic carbocycles. The molecule has 34 heavy (non-hydrogen) atoms. The van der Waals surface area contributed by atoms with E-state index in [0.717, 1.165) is 39.2 Å². The first-order valence-electron chi connectivity index (χ1n) is 11.3.